The first-order valence-electron chi connectivity index (χ1n) is 11.8. The molecule has 178 valence electrons. The maximum Gasteiger partial charge on any atom is 0.274 e. The van der Waals surface area contributed by atoms with Gasteiger partial charge in [0.25, 0.3) is 5.91 Å². The summed E-state index contributed by atoms with van der Waals surface area (Å²) < 4.78 is 1.71. The third-order valence-electron chi connectivity index (χ3n) is 6.34. The van der Waals surface area contributed by atoms with E-state index in [0.29, 0.717) is 38.3 Å². The van der Waals surface area contributed by atoms with Crippen molar-refractivity contribution >= 4 is 11.8 Å². The summed E-state index contributed by atoms with van der Waals surface area (Å²) in [6, 6.07) is 15.9. The van der Waals surface area contributed by atoms with Gasteiger partial charge in [0.2, 0.25) is 5.91 Å². The predicted octanol–water partition coefficient (Wildman–Crippen LogP) is 2.72. The second kappa shape index (κ2) is 11.1. The van der Waals surface area contributed by atoms with Crippen LogP contribution in [-0.2, 0) is 18.4 Å². The molecule has 1 aliphatic rings. The molecule has 34 heavy (non-hydrogen) atoms. The van der Waals surface area contributed by atoms with Crippen molar-refractivity contribution in [2.75, 3.05) is 26.2 Å². The minimum absolute atomic E-state index is 0.0171. The van der Waals surface area contributed by atoms with E-state index < -0.39 is 0 Å². The van der Waals surface area contributed by atoms with Gasteiger partial charge in [-0.05, 0) is 42.7 Å². The van der Waals surface area contributed by atoms with Gasteiger partial charge in [0.05, 0.1) is 0 Å². The highest BCUT2D eigenvalue weighted by atomic mass is 16.2. The van der Waals surface area contributed by atoms with E-state index in [1.165, 1.54) is 0 Å². The Morgan fingerprint density at radius 1 is 1.09 bits per heavy atom. The molecule has 0 radical (unpaired) electrons. The van der Waals surface area contributed by atoms with Gasteiger partial charge in [0.15, 0.2) is 5.69 Å². The van der Waals surface area contributed by atoms with Gasteiger partial charge in [-0.25, -0.2) is 0 Å². The van der Waals surface area contributed by atoms with Crippen LogP contribution in [0.15, 0.2) is 60.9 Å². The van der Waals surface area contributed by atoms with E-state index in [1.54, 1.807) is 22.0 Å². The first-order valence-corrected chi connectivity index (χ1v) is 11.8. The fourth-order valence-electron chi connectivity index (χ4n) is 4.39. The number of nitrogens with one attached hydrogen (secondary N) is 1. The highest BCUT2D eigenvalue weighted by Gasteiger charge is 2.26. The zero-order valence-electron chi connectivity index (χ0n) is 19.9. The number of benzene rings is 1. The molecular weight excluding hydrogens is 428 g/mol. The molecule has 1 aromatic carbocycles. The van der Waals surface area contributed by atoms with Gasteiger partial charge in [0.1, 0.15) is 0 Å². The molecule has 1 saturated heterocycles. The van der Waals surface area contributed by atoms with Crippen molar-refractivity contribution in [1.82, 2.24) is 29.9 Å². The second-order valence-electron chi connectivity index (χ2n) is 8.75. The minimum atomic E-state index is -0.0995. The number of aromatic nitrogens is 3. The van der Waals surface area contributed by atoms with Crippen molar-refractivity contribution in [3.05, 3.63) is 83.4 Å². The lowest BCUT2D eigenvalue weighted by Gasteiger charge is -2.32. The van der Waals surface area contributed by atoms with Gasteiger partial charge in [-0.2, -0.15) is 5.10 Å². The van der Waals surface area contributed by atoms with Crippen molar-refractivity contribution in [2.24, 2.45) is 7.05 Å². The quantitative estimate of drug-likeness (QED) is 0.647. The van der Waals surface area contributed by atoms with E-state index >= 15 is 0 Å². The van der Waals surface area contributed by atoms with Crippen LogP contribution in [0.2, 0.25) is 0 Å². The summed E-state index contributed by atoms with van der Waals surface area (Å²) in [5.41, 5.74) is 3.63. The summed E-state index contributed by atoms with van der Waals surface area (Å²) in [6.45, 7) is 4.85. The fourth-order valence-corrected chi connectivity index (χ4v) is 4.39. The molecule has 0 spiro atoms. The molecule has 8 nitrogen and oxygen atoms in total. The lowest BCUT2D eigenvalue weighted by atomic mass is 10.00. The molecule has 1 fully saturated rings. The number of hydrogen-bond donors (Lipinski definition) is 1. The largest absolute Gasteiger partial charge is 0.354 e. The molecule has 2 aromatic heterocycles. The number of carbonyl (C=O) groups is 2. The number of aryl methyl sites for hydroxylation is 2. The average molecular weight is 461 g/mol. The van der Waals surface area contributed by atoms with Gasteiger partial charge < -0.3 is 10.2 Å². The van der Waals surface area contributed by atoms with Crippen LogP contribution in [0.4, 0.5) is 0 Å². The number of carbonyl (C=O) groups excluding carboxylic acids is 2. The molecule has 1 aliphatic heterocycles. The van der Waals surface area contributed by atoms with E-state index in [4.69, 9.17) is 0 Å². The van der Waals surface area contributed by atoms with Gasteiger partial charge in [-0.15, -0.1) is 0 Å². The van der Waals surface area contributed by atoms with Crippen molar-refractivity contribution < 1.29 is 9.59 Å². The van der Waals surface area contributed by atoms with E-state index in [2.05, 4.69) is 32.4 Å². The van der Waals surface area contributed by atoms with Gasteiger partial charge in [-0.3, -0.25) is 24.2 Å². The van der Waals surface area contributed by atoms with Gasteiger partial charge >= 0.3 is 0 Å². The Morgan fingerprint density at radius 3 is 2.56 bits per heavy atom. The summed E-state index contributed by atoms with van der Waals surface area (Å²) >= 11 is 0. The zero-order valence-corrected chi connectivity index (χ0v) is 19.9. The number of hydrogen-bond acceptors (Lipinski definition) is 5. The molecule has 0 bridgehead atoms. The average Bonchev–Trinajstić information content (AvgIpc) is 3.18. The standard InChI is InChI=1S/C26H32N6O2/c1-20-17-23(29-30(20)2)26(34)31-14-6-15-32(19-21-9-11-27-12-10-21)24(18-25(33)28-13-16-31)22-7-4-3-5-8-22/h3-5,7-12,17,24H,6,13-16,18-19H2,1-2H3,(H,28,33). The number of amides is 2. The van der Waals surface area contributed by atoms with E-state index in [9.17, 15) is 9.59 Å². The molecule has 3 aromatic rings. The maximum absolute atomic E-state index is 13.2. The van der Waals surface area contributed by atoms with Gasteiger partial charge in [0, 0.05) is 70.3 Å². The van der Waals surface area contributed by atoms with Crippen molar-refractivity contribution in [3.63, 3.8) is 0 Å². The first kappa shape index (κ1) is 23.6. The molecule has 8 heteroatoms. The van der Waals surface area contributed by atoms with Crippen LogP contribution < -0.4 is 5.32 Å². The monoisotopic (exact) mass is 460 g/mol. The van der Waals surface area contributed by atoms with Crippen LogP contribution in [-0.4, -0.2) is 62.6 Å². The molecule has 0 saturated carbocycles. The van der Waals surface area contributed by atoms with Crippen LogP contribution in [0.25, 0.3) is 0 Å². The normalized spacial score (nSPS) is 18.2. The number of nitrogens with zero attached hydrogens (tertiary/aromatic N) is 5. The Bertz CT molecular complexity index is 1080. The van der Waals surface area contributed by atoms with Crippen molar-refractivity contribution in [2.45, 2.75) is 32.4 Å². The summed E-state index contributed by atoms with van der Waals surface area (Å²) in [4.78, 5) is 34.4. The zero-order chi connectivity index (χ0) is 23.9. The highest BCUT2D eigenvalue weighted by Crippen LogP contribution is 2.27. The van der Waals surface area contributed by atoms with E-state index in [0.717, 1.165) is 29.8 Å². The maximum atomic E-state index is 13.2. The lowest BCUT2D eigenvalue weighted by Crippen LogP contribution is -2.39. The highest BCUT2D eigenvalue weighted by molar-refractivity contribution is 5.92. The Labute approximate surface area is 200 Å². The van der Waals surface area contributed by atoms with Crippen LogP contribution in [0, 0.1) is 6.92 Å². The van der Waals surface area contributed by atoms with Crippen molar-refractivity contribution in [1.29, 1.82) is 0 Å². The predicted molar refractivity (Wildman–Crippen MR) is 130 cm³/mol. The third kappa shape index (κ3) is 5.88. The molecule has 0 aliphatic carbocycles. The summed E-state index contributed by atoms with van der Waals surface area (Å²) in [6.07, 6.45) is 4.74. The molecule has 3 heterocycles. The van der Waals surface area contributed by atoms with E-state index in [-0.39, 0.29) is 17.9 Å². The summed E-state index contributed by atoms with van der Waals surface area (Å²) in [5, 5.41) is 7.38. The first-order chi connectivity index (χ1) is 16.5. The van der Waals surface area contributed by atoms with Crippen molar-refractivity contribution in [3.8, 4) is 0 Å². The topological polar surface area (TPSA) is 83.4 Å². The Balaban J connectivity index is 1.57. The Morgan fingerprint density at radius 2 is 1.85 bits per heavy atom. The summed E-state index contributed by atoms with van der Waals surface area (Å²) in [7, 11) is 1.83. The lowest BCUT2D eigenvalue weighted by molar-refractivity contribution is -0.122. The summed E-state index contributed by atoms with van der Waals surface area (Å²) in [5.74, 6) is -0.117. The second-order valence-corrected chi connectivity index (χ2v) is 8.75. The fraction of sp³-hybridized carbons (Fsp3) is 0.385. The van der Waals surface area contributed by atoms with Crippen LogP contribution in [0.1, 0.15) is 46.2 Å². The van der Waals surface area contributed by atoms with Crippen LogP contribution in [0.3, 0.4) is 0 Å². The smallest absolute Gasteiger partial charge is 0.274 e. The van der Waals surface area contributed by atoms with Crippen LogP contribution >= 0.6 is 0 Å². The number of rotatable bonds is 4. The Hall–Kier alpha value is -3.52. The molecule has 4 rings (SSSR count). The number of pyridine rings is 1. The third-order valence-corrected chi connectivity index (χ3v) is 6.34. The molecule has 1 atom stereocenters. The molecule has 2 amide bonds. The Kier molecular flexibility index (Phi) is 7.69. The molecular formula is C26H32N6O2. The SMILES string of the molecule is Cc1cc(C(=O)N2CCCN(Cc3ccncc3)C(c3ccccc3)CC(=O)NCC2)nn1C. The molecule has 1 N–H and O–H groups in total. The van der Waals surface area contributed by atoms with E-state index in [1.807, 2.05) is 50.4 Å². The minimum Gasteiger partial charge on any atom is -0.354 e. The van der Waals surface area contributed by atoms with Gasteiger partial charge in [-0.1, -0.05) is 30.3 Å². The van der Waals surface area contributed by atoms with Crippen LogP contribution in [0.5, 0.6) is 0 Å². The molecule has 1 unspecified atom stereocenters.